The van der Waals surface area contributed by atoms with E-state index in [9.17, 15) is 4.79 Å². The van der Waals surface area contributed by atoms with Crippen LogP contribution in [0.2, 0.25) is 0 Å². The molecular formula is C15H26N3O2S+. The fraction of sp³-hybridized carbons (Fsp3) is 0.667. The Morgan fingerprint density at radius 2 is 2.33 bits per heavy atom. The Kier molecular flexibility index (Phi) is 7.11. The second-order valence-corrected chi connectivity index (χ2v) is 5.81. The summed E-state index contributed by atoms with van der Waals surface area (Å²) in [6.07, 6.45) is 6.09. The quantitative estimate of drug-likeness (QED) is 0.329. The first-order valence-corrected chi connectivity index (χ1v) is 7.86. The van der Waals surface area contributed by atoms with Crippen LogP contribution >= 0.6 is 12.8 Å². The minimum atomic E-state index is -0.153. The van der Waals surface area contributed by atoms with Crippen molar-refractivity contribution in [2.45, 2.75) is 45.8 Å². The van der Waals surface area contributed by atoms with Crippen molar-refractivity contribution in [3.8, 4) is 0 Å². The number of likely N-dealkylation sites (N-methyl/N-ethyl adjacent to an activating group) is 1. The Labute approximate surface area is 132 Å². The first kappa shape index (κ1) is 17.9. The third-order valence-corrected chi connectivity index (χ3v) is 4.12. The van der Waals surface area contributed by atoms with Gasteiger partial charge in [-0.3, -0.25) is 9.28 Å². The molecule has 1 aliphatic heterocycles. The average molecular weight is 312 g/mol. The number of hydrogen-bond donors (Lipinski definition) is 2. The van der Waals surface area contributed by atoms with Crippen LogP contribution in [0.3, 0.4) is 0 Å². The fourth-order valence-corrected chi connectivity index (χ4v) is 2.94. The molecule has 0 bridgehead atoms. The summed E-state index contributed by atoms with van der Waals surface area (Å²) < 4.78 is 10.2. The number of nitrogens with one attached hydrogen (secondary N) is 1. The van der Waals surface area contributed by atoms with Crippen molar-refractivity contribution < 1.29 is 14.0 Å². The van der Waals surface area contributed by atoms with E-state index in [-0.39, 0.29) is 12.2 Å². The number of thiol groups is 1. The molecule has 0 aromatic rings. The lowest BCUT2D eigenvalue weighted by molar-refractivity contribution is -0.949. The van der Waals surface area contributed by atoms with Gasteiger partial charge in [-0.15, -0.1) is 0 Å². The number of quaternary nitrogens is 1. The van der Waals surface area contributed by atoms with Crippen LogP contribution in [0.4, 0.5) is 0 Å². The number of rotatable bonds is 7. The number of hydrogen-bond acceptors (Lipinski definition) is 5. The minimum Gasteiger partial charge on any atom is -0.412 e. The second kappa shape index (κ2) is 8.34. The Morgan fingerprint density at radius 3 is 2.86 bits per heavy atom. The monoisotopic (exact) mass is 312 g/mol. The molecule has 6 heteroatoms. The number of nitrogens with zero attached hydrogens (tertiary/aromatic N) is 2. The zero-order chi connectivity index (χ0) is 15.9. The zero-order valence-electron chi connectivity index (χ0n) is 13.1. The molecule has 0 fully saturated rings. The minimum absolute atomic E-state index is 0.130. The van der Waals surface area contributed by atoms with Crippen LogP contribution < -0.4 is 0 Å². The predicted octanol–water partition coefficient (Wildman–Crippen LogP) is 2.78. The lowest BCUT2D eigenvalue weighted by Gasteiger charge is -2.42. The van der Waals surface area contributed by atoms with Crippen molar-refractivity contribution in [3.63, 3.8) is 0 Å². The van der Waals surface area contributed by atoms with Crippen molar-refractivity contribution in [2.75, 3.05) is 20.1 Å². The molecule has 0 spiro atoms. The van der Waals surface area contributed by atoms with Crippen LogP contribution in [0.1, 0.15) is 39.5 Å². The Hall–Kier alpha value is -1.14. The van der Waals surface area contributed by atoms with Gasteiger partial charge in [0.05, 0.1) is 19.3 Å². The smallest absolute Gasteiger partial charge is 0.310 e. The van der Waals surface area contributed by atoms with Crippen molar-refractivity contribution in [3.05, 3.63) is 11.6 Å². The van der Waals surface area contributed by atoms with Crippen molar-refractivity contribution in [1.82, 2.24) is 0 Å². The summed E-state index contributed by atoms with van der Waals surface area (Å²) in [5, 5.41) is 7.41. The topological polar surface area (TPSA) is 62.5 Å². The normalized spacial score (nSPS) is 24.2. The first-order chi connectivity index (χ1) is 10.0. The molecule has 2 unspecified atom stereocenters. The van der Waals surface area contributed by atoms with Gasteiger partial charge in [-0.2, -0.15) is 0 Å². The molecule has 0 radical (unpaired) electrons. The first-order valence-electron chi connectivity index (χ1n) is 7.46. The highest BCUT2D eigenvalue weighted by atomic mass is 32.1. The summed E-state index contributed by atoms with van der Waals surface area (Å²) in [6, 6.07) is 0. The van der Waals surface area contributed by atoms with Gasteiger partial charge in [0.25, 0.3) is 0 Å². The summed E-state index contributed by atoms with van der Waals surface area (Å²) in [5.74, 6) is -0.130. The molecule has 0 aliphatic carbocycles. The molecule has 1 rings (SSSR count). The summed E-state index contributed by atoms with van der Waals surface area (Å²) in [4.78, 5) is 11.8. The molecule has 1 N–H and O–H groups in total. The maximum absolute atomic E-state index is 11.8. The largest absolute Gasteiger partial charge is 0.412 e. The van der Waals surface area contributed by atoms with E-state index in [4.69, 9.17) is 10.1 Å². The van der Waals surface area contributed by atoms with E-state index in [1.807, 2.05) is 13.8 Å². The van der Waals surface area contributed by atoms with Gasteiger partial charge in [0, 0.05) is 31.1 Å². The molecule has 21 heavy (non-hydrogen) atoms. The number of carbonyl (C=O) groups is 1. The lowest BCUT2D eigenvalue weighted by Crippen LogP contribution is -2.57. The molecule has 0 amide bonds. The standard InChI is InChI=1S/C15H25N3O2S/c1-4-7-15(19)20-14(5-2)18(3)9-6-8-12(11-18)13(10-16)17-21/h8,10,14H,4-7,9,11H2,1-3H3,(H-,16,21)/p+1. The van der Waals surface area contributed by atoms with Crippen LogP contribution in [0.15, 0.2) is 16.0 Å². The molecule has 0 aromatic heterocycles. The van der Waals surface area contributed by atoms with Gasteiger partial charge in [0.1, 0.15) is 6.54 Å². The zero-order valence-corrected chi connectivity index (χ0v) is 14.0. The highest BCUT2D eigenvalue weighted by molar-refractivity contribution is 7.79. The van der Waals surface area contributed by atoms with Crippen LogP contribution in [0, 0.1) is 5.41 Å². The second-order valence-electron chi connectivity index (χ2n) is 5.61. The van der Waals surface area contributed by atoms with Gasteiger partial charge < -0.3 is 10.1 Å². The average Bonchev–Trinajstić information content (AvgIpc) is 2.46. The maximum atomic E-state index is 11.8. The van der Waals surface area contributed by atoms with Crippen LogP contribution in [-0.4, -0.2) is 48.7 Å². The van der Waals surface area contributed by atoms with Crippen molar-refractivity contribution in [2.24, 2.45) is 4.40 Å². The molecule has 0 saturated heterocycles. The summed E-state index contributed by atoms with van der Waals surface area (Å²) in [6.45, 7) is 5.63. The van der Waals surface area contributed by atoms with Gasteiger partial charge in [-0.1, -0.05) is 19.9 Å². The molecule has 0 aromatic carbocycles. The van der Waals surface area contributed by atoms with Crippen LogP contribution in [-0.2, 0) is 9.53 Å². The third kappa shape index (κ3) is 4.68. The van der Waals surface area contributed by atoms with Crippen molar-refractivity contribution in [1.29, 1.82) is 5.41 Å². The van der Waals surface area contributed by atoms with E-state index >= 15 is 0 Å². The van der Waals surface area contributed by atoms with Gasteiger partial charge in [0.2, 0.25) is 6.23 Å². The summed E-state index contributed by atoms with van der Waals surface area (Å²) in [5.41, 5.74) is 1.58. The van der Waals surface area contributed by atoms with Crippen molar-refractivity contribution >= 4 is 30.7 Å². The Bertz CT molecular complexity index is 448. The molecule has 2 atom stereocenters. The predicted molar refractivity (Wildman–Crippen MR) is 88.9 cm³/mol. The molecule has 5 nitrogen and oxygen atoms in total. The van der Waals surface area contributed by atoms with Crippen LogP contribution in [0.25, 0.3) is 0 Å². The maximum Gasteiger partial charge on any atom is 0.310 e. The van der Waals surface area contributed by atoms with E-state index in [0.29, 0.717) is 23.2 Å². The van der Waals surface area contributed by atoms with E-state index < -0.39 is 0 Å². The summed E-state index contributed by atoms with van der Waals surface area (Å²) in [7, 11) is 2.10. The van der Waals surface area contributed by atoms with E-state index in [1.165, 1.54) is 6.21 Å². The van der Waals surface area contributed by atoms with E-state index in [2.05, 4.69) is 30.3 Å². The van der Waals surface area contributed by atoms with E-state index in [1.54, 1.807) is 0 Å². The Morgan fingerprint density at radius 1 is 1.62 bits per heavy atom. The third-order valence-electron chi connectivity index (χ3n) is 3.90. The molecule has 118 valence electrons. The number of carbonyl (C=O) groups excluding carboxylic acids is 1. The van der Waals surface area contributed by atoms with Gasteiger partial charge >= 0.3 is 5.97 Å². The highest BCUT2D eigenvalue weighted by Gasteiger charge is 2.37. The van der Waals surface area contributed by atoms with Gasteiger partial charge in [-0.05, 0) is 19.2 Å². The van der Waals surface area contributed by atoms with Gasteiger partial charge in [-0.25, -0.2) is 4.40 Å². The summed E-state index contributed by atoms with van der Waals surface area (Å²) >= 11 is 3.92. The lowest BCUT2D eigenvalue weighted by atomic mass is 10.0. The van der Waals surface area contributed by atoms with E-state index in [0.717, 1.165) is 31.4 Å². The van der Waals surface area contributed by atoms with Crippen LogP contribution in [0.5, 0.6) is 0 Å². The molecule has 0 saturated carbocycles. The highest BCUT2D eigenvalue weighted by Crippen LogP contribution is 2.24. The number of ether oxygens (including phenoxy) is 1. The molecule has 1 heterocycles. The molecule has 1 aliphatic rings. The fourth-order valence-electron chi connectivity index (χ4n) is 2.75. The SMILES string of the molecule is CCCC(=O)OC(CC)[N+]1(C)CCC=C(/C(C=N)=N/S)C1. The number of esters is 1. The Balaban J connectivity index is 2.86. The molecular weight excluding hydrogens is 286 g/mol. The van der Waals surface area contributed by atoms with Gasteiger partial charge in [0.15, 0.2) is 0 Å².